The summed E-state index contributed by atoms with van der Waals surface area (Å²) >= 11 is 0. The van der Waals surface area contributed by atoms with Crippen molar-refractivity contribution in [2.75, 3.05) is 42.0 Å². The lowest BCUT2D eigenvalue weighted by Crippen LogP contribution is -2.55. The molecule has 0 spiro atoms. The van der Waals surface area contributed by atoms with Crippen LogP contribution in [0.2, 0.25) is 0 Å². The molecule has 5 heteroatoms. The third kappa shape index (κ3) is 2.87. The fourth-order valence-electron chi connectivity index (χ4n) is 5.81. The van der Waals surface area contributed by atoms with E-state index >= 15 is 0 Å². The van der Waals surface area contributed by atoms with Crippen molar-refractivity contribution in [3.8, 4) is 23.0 Å². The van der Waals surface area contributed by atoms with Crippen LogP contribution in [0, 0.1) is 0 Å². The van der Waals surface area contributed by atoms with Gasteiger partial charge in [-0.25, -0.2) is 0 Å². The van der Waals surface area contributed by atoms with Crippen molar-refractivity contribution in [3.05, 3.63) is 64.2 Å². The van der Waals surface area contributed by atoms with E-state index in [4.69, 9.17) is 18.9 Å². The minimum atomic E-state index is 0.264. The zero-order valence-corrected chi connectivity index (χ0v) is 18.9. The fourth-order valence-corrected chi connectivity index (χ4v) is 5.81. The number of quaternary nitrogens is 1. The third-order valence-electron chi connectivity index (χ3n) is 7.40. The summed E-state index contributed by atoms with van der Waals surface area (Å²) in [6.45, 7) is 1.07. The largest absolute Gasteiger partial charge is 0.493 e. The number of fused-ring (bicyclic) bond motifs is 7. The molecule has 2 aromatic rings. The van der Waals surface area contributed by atoms with Gasteiger partial charge in [-0.15, -0.1) is 0 Å². The van der Waals surface area contributed by atoms with Crippen LogP contribution >= 0.6 is 0 Å². The molecule has 0 aromatic heterocycles. The Morgan fingerprint density at radius 1 is 0.774 bits per heavy atom. The van der Waals surface area contributed by atoms with Crippen molar-refractivity contribution in [2.24, 2.45) is 0 Å². The van der Waals surface area contributed by atoms with Gasteiger partial charge in [0.1, 0.15) is 12.1 Å². The summed E-state index contributed by atoms with van der Waals surface area (Å²) in [5.74, 6) is 3.18. The number of hydrogen-bond acceptors (Lipinski definition) is 4. The SMILES string of the molecule is COc1cc2c(cc1OC)C1C(=CCC3c4cc(OC)c(OC)cc4CC[N+]31C)C=C2. The highest BCUT2D eigenvalue weighted by Crippen LogP contribution is 2.54. The number of benzene rings is 2. The maximum Gasteiger partial charge on any atom is 0.161 e. The summed E-state index contributed by atoms with van der Waals surface area (Å²) in [7, 11) is 9.21. The Balaban J connectivity index is 1.66. The van der Waals surface area contributed by atoms with Gasteiger partial charge in [0.2, 0.25) is 0 Å². The van der Waals surface area contributed by atoms with E-state index in [-0.39, 0.29) is 6.04 Å². The highest BCUT2D eigenvalue weighted by molar-refractivity contribution is 5.68. The molecule has 162 valence electrons. The predicted octanol–water partition coefficient (Wildman–Crippen LogP) is 4.86. The lowest BCUT2D eigenvalue weighted by Gasteiger charge is -2.53. The van der Waals surface area contributed by atoms with Crippen molar-refractivity contribution in [1.82, 2.24) is 0 Å². The standard InChI is InChI=1S/C26H30NO4/c1-27-11-10-18-13-23(29-3)24(30-4)14-19(18)21(27)9-8-16-6-7-17-12-22(28-2)25(31-5)15-20(17)26(16)27/h6-8,12-15,21,26H,9-11H2,1-5H3/q+1. The molecular formula is C26H30NO4+. The maximum absolute atomic E-state index is 5.66. The van der Waals surface area contributed by atoms with E-state index in [1.807, 2.05) is 0 Å². The zero-order chi connectivity index (χ0) is 21.8. The highest BCUT2D eigenvalue weighted by atomic mass is 16.5. The molecule has 0 amide bonds. The van der Waals surface area contributed by atoms with Crippen LogP contribution in [-0.4, -0.2) is 46.5 Å². The first-order valence-corrected chi connectivity index (χ1v) is 10.8. The average Bonchev–Trinajstić information content (AvgIpc) is 2.81. The van der Waals surface area contributed by atoms with Crippen LogP contribution in [0.25, 0.3) is 6.08 Å². The minimum Gasteiger partial charge on any atom is -0.493 e. The minimum absolute atomic E-state index is 0.264. The molecule has 5 nitrogen and oxygen atoms in total. The van der Waals surface area contributed by atoms with Crippen LogP contribution < -0.4 is 18.9 Å². The molecule has 3 atom stereocenters. The van der Waals surface area contributed by atoms with Crippen LogP contribution in [0.3, 0.4) is 0 Å². The average molecular weight is 421 g/mol. The van der Waals surface area contributed by atoms with E-state index in [1.165, 1.54) is 27.8 Å². The van der Waals surface area contributed by atoms with Gasteiger partial charge >= 0.3 is 0 Å². The van der Waals surface area contributed by atoms with Gasteiger partial charge < -0.3 is 23.4 Å². The molecule has 0 N–H and O–H groups in total. The molecule has 0 saturated heterocycles. The first-order chi connectivity index (χ1) is 15.0. The van der Waals surface area contributed by atoms with Crippen LogP contribution in [0.4, 0.5) is 0 Å². The number of ether oxygens (including phenoxy) is 4. The molecule has 2 aromatic carbocycles. The third-order valence-corrected chi connectivity index (χ3v) is 7.40. The molecule has 3 unspecified atom stereocenters. The molecule has 0 saturated carbocycles. The number of likely N-dealkylation sites (N-methyl/N-ethyl adjacent to an activating group) is 1. The monoisotopic (exact) mass is 420 g/mol. The van der Waals surface area contributed by atoms with Crippen LogP contribution in [0.1, 0.15) is 40.8 Å². The number of rotatable bonds is 4. The van der Waals surface area contributed by atoms with Crippen LogP contribution in [0.15, 0.2) is 42.0 Å². The van der Waals surface area contributed by atoms with E-state index in [0.717, 1.165) is 46.9 Å². The summed E-state index contributed by atoms with van der Waals surface area (Å²) in [6, 6.07) is 9.26. The van der Waals surface area contributed by atoms with Crippen molar-refractivity contribution >= 4 is 6.08 Å². The smallest absolute Gasteiger partial charge is 0.161 e. The molecular weight excluding hydrogens is 390 g/mol. The normalized spacial score (nSPS) is 25.4. The van der Waals surface area contributed by atoms with E-state index in [1.54, 1.807) is 28.4 Å². The maximum atomic E-state index is 5.66. The summed E-state index contributed by atoms with van der Waals surface area (Å²) in [5, 5.41) is 0. The van der Waals surface area contributed by atoms with Gasteiger partial charge in [0.15, 0.2) is 23.0 Å². The lowest BCUT2D eigenvalue weighted by atomic mass is 9.76. The molecule has 0 fully saturated rings. The van der Waals surface area contributed by atoms with Gasteiger partial charge in [-0.1, -0.05) is 18.2 Å². The first-order valence-electron chi connectivity index (χ1n) is 10.8. The topological polar surface area (TPSA) is 36.9 Å². The summed E-state index contributed by atoms with van der Waals surface area (Å²) < 4.78 is 23.4. The lowest BCUT2D eigenvalue weighted by molar-refractivity contribution is -0.966. The van der Waals surface area contributed by atoms with Gasteiger partial charge in [-0.3, -0.25) is 0 Å². The predicted molar refractivity (Wildman–Crippen MR) is 121 cm³/mol. The Bertz CT molecular complexity index is 1100. The van der Waals surface area contributed by atoms with E-state index in [2.05, 4.69) is 49.5 Å². The molecule has 0 bridgehead atoms. The van der Waals surface area contributed by atoms with Gasteiger partial charge in [-0.05, 0) is 35.4 Å². The number of hydrogen-bond donors (Lipinski definition) is 0. The Morgan fingerprint density at radius 3 is 2.06 bits per heavy atom. The number of nitrogens with zero attached hydrogens (tertiary/aromatic N) is 1. The van der Waals surface area contributed by atoms with Gasteiger partial charge in [-0.2, -0.15) is 0 Å². The van der Waals surface area contributed by atoms with E-state index in [0.29, 0.717) is 6.04 Å². The highest BCUT2D eigenvalue weighted by Gasteiger charge is 2.50. The second kappa shape index (κ2) is 7.34. The summed E-state index contributed by atoms with van der Waals surface area (Å²) in [4.78, 5) is 0. The van der Waals surface area contributed by atoms with Crippen molar-refractivity contribution in [1.29, 1.82) is 0 Å². The van der Waals surface area contributed by atoms with Crippen LogP contribution in [0.5, 0.6) is 23.0 Å². The molecule has 0 radical (unpaired) electrons. The second-order valence-electron chi connectivity index (χ2n) is 8.75. The van der Waals surface area contributed by atoms with Crippen LogP contribution in [-0.2, 0) is 6.42 Å². The Morgan fingerprint density at radius 2 is 1.39 bits per heavy atom. The van der Waals surface area contributed by atoms with Gasteiger partial charge in [0.05, 0.1) is 42.0 Å². The Kier molecular flexibility index (Phi) is 4.74. The van der Waals surface area contributed by atoms with Crippen molar-refractivity contribution in [2.45, 2.75) is 24.9 Å². The van der Waals surface area contributed by atoms with Crippen molar-refractivity contribution < 1.29 is 23.4 Å². The molecule has 2 aliphatic heterocycles. The van der Waals surface area contributed by atoms with E-state index < -0.39 is 0 Å². The molecule has 1 aliphatic carbocycles. The van der Waals surface area contributed by atoms with Crippen molar-refractivity contribution in [3.63, 3.8) is 0 Å². The molecule has 2 heterocycles. The second-order valence-corrected chi connectivity index (χ2v) is 8.75. The zero-order valence-electron chi connectivity index (χ0n) is 18.9. The quantitative estimate of drug-likeness (QED) is 0.662. The summed E-state index contributed by atoms with van der Waals surface area (Å²) in [6.07, 6.45) is 8.93. The molecule has 5 rings (SSSR count). The Labute approximate surface area is 184 Å². The number of methoxy groups -OCH3 is 4. The molecule has 31 heavy (non-hydrogen) atoms. The Hall–Kier alpha value is -2.92. The van der Waals surface area contributed by atoms with Gasteiger partial charge in [0.25, 0.3) is 0 Å². The first kappa shape index (κ1) is 20.0. The summed E-state index contributed by atoms with van der Waals surface area (Å²) in [5.41, 5.74) is 6.65. The van der Waals surface area contributed by atoms with Gasteiger partial charge in [0, 0.05) is 29.5 Å². The fraction of sp³-hybridized carbons (Fsp3) is 0.385. The molecule has 3 aliphatic rings. The van der Waals surface area contributed by atoms with E-state index in [9.17, 15) is 0 Å².